The van der Waals surface area contributed by atoms with Crippen LogP contribution in [-0.2, 0) is 0 Å². The molecule has 1 aliphatic heterocycles. The average Bonchev–Trinajstić information content (AvgIpc) is 2.59. The van der Waals surface area contributed by atoms with Crippen molar-refractivity contribution in [2.75, 3.05) is 27.4 Å². The number of ether oxygens (including phenoxy) is 4. The molecule has 0 fully saturated rings. The van der Waals surface area contributed by atoms with E-state index in [-0.39, 0.29) is 6.10 Å². The summed E-state index contributed by atoms with van der Waals surface area (Å²) in [5, 5.41) is 0. The molecule has 0 unspecified atom stereocenters. The number of hydrogen-bond donors (Lipinski definition) is 1. The van der Waals surface area contributed by atoms with Crippen molar-refractivity contribution in [2.24, 2.45) is 5.73 Å². The Hall–Kier alpha value is -2.40. The summed E-state index contributed by atoms with van der Waals surface area (Å²) in [5.41, 5.74) is 7.48. The van der Waals surface area contributed by atoms with Crippen LogP contribution in [0.3, 0.4) is 0 Å². The van der Waals surface area contributed by atoms with Crippen molar-refractivity contribution in [3.8, 4) is 34.1 Å². The number of rotatable bonds is 4. The Balaban J connectivity index is 2.14. The topological polar surface area (TPSA) is 62.9 Å². The van der Waals surface area contributed by atoms with E-state index in [2.05, 4.69) is 0 Å². The van der Waals surface area contributed by atoms with Gasteiger partial charge < -0.3 is 24.7 Å². The number of hydrogen-bond acceptors (Lipinski definition) is 5. The Kier molecular flexibility index (Phi) is 4.06. The van der Waals surface area contributed by atoms with Gasteiger partial charge in [0.25, 0.3) is 0 Å². The molecule has 0 aliphatic carbocycles. The molecule has 2 aromatic carbocycles. The lowest BCUT2D eigenvalue weighted by Crippen LogP contribution is -2.35. The van der Waals surface area contributed by atoms with Crippen molar-refractivity contribution in [2.45, 2.75) is 6.10 Å². The van der Waals surface area contributed by atoms with Gasteiger partial charge in [0.2, 0.25) is 0 Å². The van der Waals surface area contributed by atoms with Crippen molar-refractivity contribution in [1.82, 2.24) is 0 Å². The first-order valence-electron chi connectivity index (χ1n) is 7.12. The molecule has 3 rings (SSSR count). The minimum atomic E-state index is -0.148. The molecule has 1 heterocycles. The van der Waals surface area contributed by atoms with Gasteiger partial charge in [-0.1, -0.05) is 24.3 Å². The van der Waals surface area contributed by atoms with E-state index in [0.717, 1.165) is 11.1 Å². The molecule has 0 bridgehead atoms. The normalized spacial score (nSPS) is 16.2. The number of nitrogens with two attached hydrogens (primary N) is 1. The van der Waals surface area contributed by atoms with Crippen molar-refractivity contribution < 1.29 is 18.9 Å². The fourth-order valence-corrected chi connectivity index (χ4v) is 2.56. The highest BCUT2D eigenvalue weighted by molar-refractivity contribution is 5.80. The molecular formula is C17H19NO4. The molecule has 5 heteroatoms. The van der Waals surface area contributed by atoms with E-state index in [1.165, 1.54) is 0 Å². The van der Waals surface area contributed by atoms with Crippen LogP contribution in [0.4, 0.5) is 0 Å². The first-order valence-corrected chi connectivity index (χ1v) is 7.12. The lowest BCUT2D eigenvalue weighted by atomic mass is 10.0. The van der Waals surface area contributed by atoms with Gasteiger partial charge in [0.15, 0.2) is 23.0 Å². The second kappa shape index (κ2) is 6.15. The monoisotopic (exact) mass is 301 g/mol. The maximum Gasteiger partial charge on any atom is 0.169 e. The molecule has 0 radical (unpaired) electrons. The number of fused-ring (bicyclic) bond motifs is 1. The quantitative estimate of drug-likeness (QED) is 0.940. The van der Waals surface area contributed by atoms with Gasteiger partial charge in [-0.25, -0.2) is 0 Å². The number of para-hydroxylation sites is 2. The summed E-state index contributed by atoms with van der Waals surface area (Å²) in [5.74, 6) is 2.74. The molecule has 22 heavy (non-hydrogen) atoms. The molecule has 0 saturated carbocycles. The van der Waals surface area contributed by atoms with Crippen LogP contribution in [0.25, 0.3) is 11.1 Å². The van der Waals surface area contributed by atoms with Crippen LogP contribution in [0.5, 0.6) is 23.0 Å². The fourth-order valence-electron chi connectivity index (χ4n) is 2.56. The smallest absolute Gasteiger partial charge is 0.169 e. The molecule has 0 amide bonds. The Morgan fingerprint density at radius 1 is 1.09 bits per heavy atom. The van der Waals surface area contributed by atoms with Crippen molar-refractivity contribution in [1.29, 1.82) is 0 Å². The third-order valence-corrected chi connectivity index (χ3v) is 3.64. The van der Waals surface area contributed by atoms with Gasteiger partial charge in [-0.05, 0) is 12.1 Å². The molecular weight excluding hydrogens is 282 g/mol. The van der Waals surface area contributed by atoms with E-state index >= 15 is 0 Å². The average molecular weight is 301 g/mol. The molecule has 5 nitrogen and oxygen atoms in total. The Bertz CT molecular complexity index is 672. The van der Waals surface area contributed by atoms with Gasteiger partial charge in [0.05, 0.1) is 14.2 Å². The molecule has 2 N–H and O–H groups in total. The van der Waals surface area contributed by atoms with Gasteiger partial charge in [0, 0.05) is 17.7 Å². The second-order valence-corrected chi connectivity index (χ2v) is 4.96. The van der Waals surface area contributed by atoms with Crippen LogP contribution in [0, 0.1) is 0 Å². The van der Waals surface area contributed by atoms with Gasteiger partial charge in [0.1, 0.15) is 12.7 Å². The zero-order valence-corrected chi connectivity index (χ0v) is 12.7. The molecule has 1 aliphatic rings. The van der Waals surface area contributed by atoms with E-state index in [9.17, 15) is 0 Å². The predicted molar refractivity (Wildman–Crippen MR) is 83.9 cm³/mol. The van der Waals surface area contributed by atoms with Gasteiger partial charge >= 0.3 is 0 Å². The van der Waals surface area contributed by atoms with E-state index in [1.54, 1.807) is 14.2 Å². The first kappa shape index (κ1) is 14.5. The SMILES string of the molecule is COc1cccc(-c2cccc3c2O[C@@H](CN)CO3)c1OC. The van der Waals surface area contributed by atoms with Crippen LogP contribution in [0.15, 0.2) is 36.4 Å². The van der Waals surface area contributed by atoms with Crippen LogP contribution >= 0.6 is 0 Å². The molecule has 1 atom stereocenters. The van der Waals surface area contributed by atoms with Gasteiger partial charge in [-0.3, -0.25) is 0 Å². The van der Waals surface area contributed by atoms with Crippen LogP contribution in [-0.4, -0.2) is 33.5 Å². The van der Waals surface area contributed by atoms with Crippen molar-refractivity contribution in [3.05, 3.63) is 36.4 Å². The minimum Gasteiger partial charge on any atom is -0.493 e. The highest BCUT2D eigenvalue weighted by Crippen LogP contribution is 2.46. The second-order valence-electron chi connectivity index (χ2n) is 4.96. The predicted octanol–water partition coefficient (Wildman–Crippen LogP) is 2.47. The highest BCUT2D eigenvalue weighted by atomic mass is 16.6. The van der Waals surface area contributed by atoms with Crippen molar-refractivity contribution >= 4 is 0 Å². The fraction of sp³-hybridized carbons (Fsp3) is 0.294. The Labute approximate surface area is 129 Å². The Morgan fingerprint density at radius 3 is 2.59 bits per heavy atom. The third kappa shape index (κ3) is 2.44. The largest absolute Gasteiger partial charge is 0.493 e. The standard InChI is InChI=1S/C17H19NO4/c1-19-14-7-3-5-12(16(14)20-2)13-6-4-8-15-17(13)22-11(9-18)10-21-15/h3-8,11H,9-10,18H2,1-2H3/t11-/m0/s1. The Morgan fingerprint density at radius 2 is 1.86 bits per heavy atom. The van der Waals surface area contributed by atoms with Crippen LogP contribution < -0.4 is 24.7 Å². The summed E-state index contributed by atoms with van der Waals surface area (Å²) < 4.78 is 22.6. The summed E-state index contributed by atoms with van der Waals surface area (Å²) in [6.07, 6.45) is -0.148. The molecule has 0 saturated heterocycles. The van der Waals surface area contributed by atoms with E-state index in [1.807, 2.05) is 36.4 Å². The van der Waals surface area contributed by atoms with Crippen LogP contribution in [0.1, 0.15) is 0 Å². The van der Waals surface area contributed by atoms with E-state index < -0.39 is 0 Å². The highest BCUT2D eigenvalue weighted by Gasteiger charge is 2.25. The van der Waals surface area contributed by atoms with Gasteiger partial charge in [-0.2, -0.15) is 0 Å². The zero-order valence-electron chi connectivity index (χ0n) is 12.7. The minimum absolute atomic E-state index is 0.148. The third-order valence-electron chi connectivity index (χ3n) is 3.64. The van der Waals surface area contributed by atoms with E-state index in [4.69, 9.17) is 24.7 Å². The summed E-state index contributed by atoms with van der Waals surface area (Å²) in [7, 11) is 3.24. The maximum atomic E-state index is 5.99. The molecule has 0 aromatic heterocycles. The summed E-state index contributed by atoms with van der Waals surface area (Å²) in [6.45, 7) is 0.866. The van der Waals surface area contributed by atoms with E-state index in [0.29, 0.717) is 36.1 Å². The lowest BCUT2D eigenvalue weighted by molar-refractivity contribution is 0.0976. The number of methoxy groups -OCH3 is 2. The summed E-state index contributed by atoms with van der Waals surface area (Å²) >= 11 is 0. The van der Waals surface area contributed by atoms with Crippen molar-refractivity contribution in [3.63, 3.8) is 0 Å². The van der Waals surface area contributed by atoms with Crippen LogP contribution in [0.2, 0.25) is 0 Å². The molecule has 2 aromatic rings. The maximum absolute atomic E-state index is 5.99. The van der Waals surface area contributed by atoms with Gasteiger partial charge in [-0.15, -0.1) is 0 Å². The first-order chi connectivity index (χ1) is 10.8. The lowest BCUT2D eigenvalue weighted by Gasteiger charge is -2.27. The molecule has 0 spiro atoms. The number of benzene rings is 2. The summed E-state index contributed by atoms with van der Waals surface area (Å²) in [4.78, 5) is 0. The molecule has 116 valence electrons. The zero-order chi connectivity index (χ0) is 15.5. The summed E-state index contributed by atoms with van der Waals surface area (Å²) in [6, 6.07) is 11.5.